The summed E-state index contributed by atoms with van der Waals surface area (Å²) in [5.41, 5.74) is 4.54. The van der Waals surface area contributed by atoms with E-state index < -0.39 is 9.85 Å². The lowest BCUT2D eigenvalue weighted by molar-refractivity contribution is -0.384. The van der Waals surface area contributed by atoms with Crippen molar-refractivity contribution in [2.45, 2.75) is 6.92 Å². The summed E-state index contributed by atoms with van der Waals surface area (Å²) in [6.45, 7) is 1.89. The molecule has 0 aliphatic carbocycles. The van der Waals surface area contributed by atoms with Crippen LogP contribution in [-0.4, -0.2) is 19.8 Å². The first-order valence-electron chi connectivity index (χ1n) is 10.7. The van der Waals surface area contributed by atoms with Gasteiger partial charge < -0.3 is 0 Å². The quantitative estimate of drug-likeness (QED) is 0.214. The van der Waals surface area contributed by atoms with Crippen molar-refractivity contribution in [1.29, 1.82) is 0 Å². The zero-order valence-electron chi connectivity index (χ0n) is 18.7. The van der Waals surface area contributed by atoms with Crippen molar-refractivity contribution in [2.75, 3.05) is 0 Å². The standard InChI is InChI=1S/C17H12N2O2.C10H8N2O2/c20-19(21)16-10-11-17-14(12-16)7-9-15(18-17)8-6-13-4-2-1-3-5-13;1-7-2-3-8-6-9(12(13)14)4-5-10(8)11-7/h1-12H;2-6H,1H3. The molecule has 0 amide bonds. The van der Waals surface area contributed by atoms with Gasteiger partial charge in [-0.2, -0.15) is 0 Å². The van der Waals surface area contributed by atoms with Gasteiger partial charge in [0.25, 0.3) is 11.4 Å². The van der Waals surface area contributed by atoms with Crippen molar-refractivity contribution < 1.29 is 9.85 Å². The van der Waals surface area contributed by atoms with Crippen molar-refractivity contribution in [1.82, 2.24) is 9.97 Å². The van der Waals surface area contributed by atoms with Crippen LogP contribution in [0.2, 0.25) is 0 Å². The molecule has 0 unspecified atom stereocenters. The summed E-state index contributed by atoms with van der Waals surface area (Å²) < 4.78 is 0. The van der Waals surface area contributed by atoms with Gasteiger partial charge in [0.2, 0.25) is 0 Å². The molecule has 0 atom stereocenters. The minimum absolute atomic E-state index is 0.0804. The van der Waals surface area contributed by atoms with Crippen LogP contribution < -0.4 is 0 Å². The number of nitro benzene ring substituents is 2. The molecule has 0 N–H and O–H groups in total. The first-order chi connectivity index (χ1) is 16.9. The molecular formula is C27H20N4O4. The molecule has 172 valence electrons. The maximum Gasteiger partial charge on any atom is 0.270 e. The second kappa shape index (κ2) is 10.3. The third kappa shape index (κ3) is 5.88. The SMILES string of the molecule is Cc1ccc2cc([N+](=O)[O-])ccc2n1.O=[N+]([O-])c1ccc2nc(C=Cc3ccccc3)ccc2c1. The summed E-state index contributed by atoms with van der Waals surface area (Å²) in [6.07, 6.45) is 3.91. The van der Waals surface area contributed by atoms with Crippen LogP contribution in [0.1, 0.15) is 17.0 Å². The third-order valence-corrected chi connectivity index (χ3v) is 5.17. The molecule has 8 heteroatoms. The van der Waals surface area contributed by atoms with Gasteiger partial charge in [0.15, 0.2) is 0 Å². The van der Waals surface area contributed by atoms with E-state index in [9.17, 15) is 20.2 Å². The largest absolute Gasteiger partial charge is 0.270 e. The monoisotopic (exact) mass is 464 g/mol. The van der Waals surface area contributed by atoms with Crippen LogP contribution in [0.5, 0.6) is 0 Å². The highest BCUT2D eigenvalue weighted by molar-refractivity contribution is 5.83. The molecule has 0 saturated heterocycles. The summed E-state index contributed by atoms with van der Waals surface area (Å²) >= 11 is 0. The van der Waals surface area contributed by atoms with E-state index in [1.54, 1.807) is 12.1 Å². The second-order valence-corrected chi connectivity index (χ2v) is 7.70. The molecule has 35 heavy (non-hydrogen) atoms. The molecule has 0 saturated carbocycles. The summed E-state index contributed by atoms with van der Waals surface area (Å²) in [5, 5.41) is 22.8. The Hall–Kier alpha value is -4.98. The smallest absolute Gasteiger partial charge is 0.258 e. The van der Waals surface area contributed by atoms with Gasteiger partial charge >= 0.3 is 0 Å². The Balaban J connectivity index is 0.000000179. The van der Waals surface area contributed by atoms with Crippen molar-refractivity contribution in [3.8, 4) is 0 Å². The first-order valence-corrected chi connectivity index (χ1v) is 10.7. The third-order valence-electron chi connectivity index (χ3n) is 5.17. The van der Waals surface area contributed by atoms with E-state index in [1.165, 1.54) is 24.3 Å². The number of nitro groups is 2. The van der Waals surface area contributed by atoms with Crippen LogP contribution >= 0.6 is 0 Å². The van der Waals surface area contributed by atoms with E-state index in [0.717, 1.165) is 38.8 Å². The number of benzene rings is 3. The van der Waals surface area contributed by atoms with Crippen LogP contribution in [0.15, 0.2) is 91.0 Å². The lowest BCUT2D eigenvalue weighted by Crippen LogP contribution is -1.89. The highest BCUT2D eigenvalue weighted by Gasteiger charge is 2.07. The van der Waals surface area contributed by atoms with E-state index in [0.29, 0.717) is 0 Å². The zero-order valence-corrected chi connectivity index (χ0v) is 18.7. The number of hydrogen-bond donors (Lipinski definition) is 0. The topological polar surface area (TPSA) is 112 Å². The van der Waals surface area contributed by atoms with Crippen LogP contribution in [-0.2, 0) is 0 Å². The lowest BCUT2D eigenvalue weighted by atomic mass is 10.1. The molecule has 8 nitrogen and oxygen atoms in total. The van der Waals surface area contributed by atoms with Crippen LogP contribution in [0.4, 0.5) is 11.4 Å². The normalized spacial score (nSPS) is 10.8. The van der Waals surface area contributed by atoms with Gasteiger partial charge in [-0.15, -0.1) is 0 Å². The number of aromatic nitrogens is 2. The molecule has 2 aromatic heterocycles. The fourth-order valence-electron chi connectivity index (χ4n) is 3.41. The van der Waals surface area contributed by atoms with E-state index in [1.807, 2.05) is 73.7 Å². The number of aryl methyl sites for hydroxylation is 1. The highest BCUT2D eigenvalue weighted by atomic mass is 16.6. The fourth-order valence-corrected chi connectivity index (χ4v) is 3.41. The van der Waals surface area contributed by atoms with Crippen LogP contribution in [0, 0.1) is 27.2 Å². The van der Waals surface area contributed by atoms with Crippen LogP contribution in [0.3, 0.4) is 0 Å². The average molecular weight is 464 g/mol. The zero-order chi connectivity index (χ0) is 24.8. The van der Waals surface area contributed by atoms with Gasteiger partial charge in [-0.1, -0.05) is 48.5 Å². The molecule has 2 heterocycles. The molecule has 0 aliphatic rings. The minimum Gasteiger partial charge on any atom is -0.258 e. The number of hydrogen-bond acceptors (Lipinski definition) is 6. The molecule has 0 radical (unpaired) electrons. The van der Waals surface area contributed by atoms with E-state index in [4.69, 9.17) is 0 Å². The summed E-state index contributed by atoms with van der Waals surface area (Å²) in [6, 6.07) is 26.7. The number of nitrogens with zero attached hydrogens (tertiary/aromatic N) is 4. The predicted octanol–water partition coefficient (Wildman–Crippen LogP) is 6.76. The molecule has 5 rings (SSSR count). The van der Waals surface area contributed by atoms with E-state index >= 15 is 0 Å². The van der Waals surface area contributed by atoms with Crippen LogP contribution in [0.25, 0.3) is 34.0 Å². The van der Waals surface area contributed by atoms with Gasteiger partial charge in [-0.25, -0.2) is 4.98 Å². The number of fused-ring (bicyclic) bond motifs is 2. The van der Waals surface area contributed by atoms with Crippen molar-refractivity contribution in [3.05, 3.63) is 128 Å². The maximum absolute atomic E-state index is 10.7. The molecule has 0 spiro atoms. The molecule has 0 fully saturated rings. The Labute approximate surface area is 200 Å². The molecule has 0 bridgehead atoms. The van der Waals surface area contributed by atoms with E-state index in [2.05, 4.69) is 9.97 Å². The summed E-state index contributed by atoms with van der Waals surface area (Å²) in [5.74, 6) is 0. The molecule has 3 aromatic carbocycles. The fraction of sp³-hybridized carbons (Fsp3) is 0.0370. The van der Waals surface area contributed by atoms with Gasteiger partial charge in [-0.3, -0.25) is 25.2 Å². The Morgan fingerprint density at radius 3 is 1.83 bits per heavy atom. The Bertz CT molecular complexity index is 1570. The van der Waals surface area contributed by atoms with Gasteiger partial charge in [-0.05, 0) is 42.8 Å². The molecule has 5 aromatic rings. The van der Waals surface area contributed by atoms with Crippen molar-refractivity contribution in [3.63, 3.8) is 0 Å². The van der Waals surface area contributed by atoms with Gasteiger partial charge in [0.05, 0.1) is 26.6 Å². The minimum atomic E-state index is -0.403. The van der Waals surface area contributed by atoms with Gasteiger partial charge in [0, 0.05) is 40.7 Å². The number of pyridine rings is 2. The van der Waals surface area contributed by atoms with Crippen molar-refractivity contribution >= 4 is 45.3 Å². The predicted molar refractivity (Wildman–Crippen MR) is 137 cm³/mol. The first kappa shape index (κ1) is 23.2. The Morgan fingerprint density at radius 2 is 1.23 bits per heavy atom. The highest BCUT2D eigenvalue weighted by Crippen LogP contribution is 2.21. The van der Waals surface area contributed by atoms with Crippen molar-refractivity contribution in [2.24, 2.45) is 0 Å². The maximum atomic E-state index is 10.7. The molecule has 0 aliphatic heterocycles. The van der Waals surface area contributed by atoms with Gasteiger partial charge in [0.1, 0.15) is 0 Å². The lowest BCUT2D eigenvalue weighted by Gasteiger charge is -1.99. The Morgan fingerprint density at radius 1 is 0.657 bits per heavy atom. The summed E-state index contributed by atoms with van der Waals surface area (Å²) in [4.78, 5) is 29.2. The van der Waals surface area contributed by atoms with E-state index in [-0.39, 0.29) is 11.4 Å². The summed E-state index contributed by atoms with van der Waals surface area (Å²) in [7, 11) is 0. The average Bonchev–Trinajstić information content (AvgIpc) is 2.87. The second-order valence-electron chi connectivity index (χ2n) is 7.70. The number of rotatable bonds is 4. The number of non-ortho nitro benzene ring substituents is 2. The Kier molecular flexibility index (Phi) is 6.83. The molecular weight excluding hydrogens is 444 g/mol.